The van der Waals surface area contributed by atoms with E-state index in [1.807, 2.05) is 72.8 Å². The quantitative estimate of drug-likeness (QED) is 0.583. The third-order valence-corrected chi connectivity index (χ3v) is 5.97. The molecule has 0 bridgehead atoms. The van der Waals surface area contributed by atoms with Crippen LogP contribution in [0.5, 0.6) is 0 Å². The summed E-state index contributed by atoms with van der Waals surface area (Å²) < 4.78 is 7.45. The van der Waals surface area contributed by atoms with Crippen molar-refractivity contribution in [3.63, 3.8) is 0 Å². The number of benzene rings is 2. The van der Waals surface area contributed by atoms with Crippen LogP contribution in [0.1, 0.15) is 31.0 Å². The van der Waals surface area contributed by atoms with Gasteiger partial charge in [0, 0.05) is 0 Å². The molecule has 0 saturated heterocycles. The van der Waals surface area contributed by atoms with Crippen molar-refractivity contribution in [2.24, 2.45) is 4.99 Å². The van der Waals surface area contributed by atoms with E-state index in [2.05, 4.69) is 4.99 Å². The lowest BCUT2D eigenvalue weighted by atomic mass is 9.96. The summed E-state index contributed by atoms with van der Waals surface area (Å²) in [5, 5.41) is 0. The van der Waals surface area contributed by atoms with Gasteiger partial charge in [0.05, 0.1) is 28.5 Å². The Kier molecular flexibility index (Phi) is 6.09. The Labute approximate surface area is 184 Å². The number of esters is 1. The van der Waals surface area contributed by atoms with E-state index in [-0.39, 0.29) is 12.2 Å². The van der Waals surface area contributed by atoms with Gasteiger partial charge < -0.3 is 4.74 Å². The molecule has 0 saturated carbocycles. The Morgan fingerprint density at radius 3 is 2.48 bits per heavy atom. The van der Waals surface area contributed by atoms with Crippen LogP contribution in [-0.4, -0.2) is 17.1 Å². The molecule has 2 heterocycles. The molecular formula is C25H22N2O3S. The van der Waals surface area contributed by atoms with Crippen molar-refractivity contribution >= 4 is 29.5 Å². The van der Waals surface area contributed by atoms with Crippen LogP contribution in [0.25, 0.3) is 12.2 Å². The molecule has 31 heavy (non-hydrogen) atoms. The van der Waals surface area contributed by atoms with Gasteiger partial charge in [-0.2, -0.15) is 0 Å². The molecular weight excluding hydrogens is 408 g/mol. The SMILES string of the molecule is CCOC(=O)C1=C(C)N=c2s/c(=C\C=C\c3ccccc3)c(=O)n2[C@@H]1c1ccccc1. The van der Waals surface area contributed by atoms with Crippen LogP contribution in [0.2, 0.25) is 0 Å². The number of fused-ring (bicyclic) bond motifs is 1. The minimum absolute atomic E-state index is 0.176. The summed E-state index contributed by atoms with van der Waals surface area (Å²) in [5.41, 5.74) is 2.68. The van der Waals surface area contributed by atoms with Crippen LogP contribution in [0.3, 0.4) is 0 Å². The van der Waals surface area contributed by atoms with Crippen LogP contribution >= 0.6 is 11.3 Å². The first-order chi connectivity index (χ1) is 15.1. The highest BCUT2D eigenvalue weighted by molar-refractivity contribution is 7.07. The predicted octanol–water partition coefficient (Wildman–Crippen LogP) is 3.46. The number of ether oxygens (including phenoxy) is 1. The Morgan fingerprint density at radius 2 is 1.81 bits per heavy atom. The minimum atomic E-state index is -0.572. The molecule has 1 aliphatic rings. The average Bonchev–Trinajstić information content (AvgIpc) is 3.09. The predicted molar refractivity (Wildman–Crippen MR) is 123 cm³/mol. The zero-order valence-corrected chi connectivity index (χ0v) is 18.1. The van der Waals surface area contributed by atoms with Crippen LogP contribution in [0.4, 0.5) is 0 Å². The number of rotatable bonds is 5. The molecule has 1 aliphatic heterocycles. The third kappa shape index (κ3) is 4.20. The Balaban J connectivity index is 1.85. The molecule has 0 aliphatic carbocycles. The summed E-state index contributed by atoms with van der Waals surface area (Å²) >= 11 is 1.32. The van der Waals surface area contributed by atoms with Crippen molar-refractivity contribution in [2.75, 3.05) is 6.61 Å². The van der Waals surface area contributed by atoms with E-state index in [1.165, 1.54) is 11.3 Å². The van der Waals surface area contributed by atoms with Crippen LogP contribution in [0.15, 0.2) is 87.8 Å². The maximum absolute atomic E-state index is 13.3. The number of thiazole rings is 1. The lowest BCUT2D eigenvalue weighted by Crippen LogP contribution is -2.39. The molecule has 0 radical (unpaired) electrons. The molecule has 1 aromatic heterocycles. The molecule has 0 amide bonds. The number of hydrogen-bond acceptors (Lipinski definition) is 5. The molecule has 0 spiro atoms. The van der Waals surface area contributed by atoms with Crippen molar-refractivity contribution in [1.82, 2.24) is 4.57 Å². The number of allylic oxidation sites excluding steroid dienone is 2. The summed E-state index contributed by atoms with van der Waals surface area (Å²) in [6.45, 7) is 3.81. The van der Waals surface area contributed by atoms with Crippen molar-refractivity contribution in [2.45, 2.75) is 19.9 Å². The fourth-order valence-corrected chi connectivity index (χ4v) is 4.57. The summed E-state index contributed by atoms with van der Waals surface area (Å²) in [4.78, 5) is 31.3. The summed E-state index contributed by atoms with van der Waals surface area (Å²) in [7, 11) is 0. The zero-order valence-electron chi connectivity index (χ0n) is 17.3. The number of aromatic nitrogens is 1. The van der Waals surface area contributed by atoms with Gasteiger partial charge in [0.1, 0.15) is 0 Å². The van der Waals surface area contributed by atoms with Gasteiger partial charge >= 0.3 is 5.97 Å². The van der Waals surface area contributed by atoms with Gasteiger partial charge in [-0.1, -0.05) is 84.2 Å². The fraction of sp³-hybridized carbons (Fsp3) is 0.160. The Bertz CT molecular complexity index is 1330. The van der Waals surface area contributed by atoms with Gasteiger partial charge in [-0.25, -0.2) is 9.79 Å². The molecule has 1 atom stereocenters. The Morgan fingerprint density at radius 1 is 1.13 bits per heavy atom. The number of nitrogens with zero attached hydrogens (tertiary/aromatic N) is 2. The van der Waals surface area contributed by atoms with Crippen molar-refractivity contribution in [1.29, 1.82) is 0 Å². The summed E-state index contributed by atoms with van der Waals surface area (Å²) in [6.07, 6.45) is 5.60. The standard InChI is InChI=1S/C25H22N2O3S/c1-3-30-24(29)21-17(2)26-25-27(22(21)19-14-8-5-9-15-19)23(28)20(31-25)16-10-13-18-11-6-4-7-12-18/h4-16,22H,3H2,1-2H3/b13-10+,20-16-/t22-/m1/s1. The molecule has 3 aromatic rings. The number of hydrogen-bond donors (Lipinski definition) is 0. The largest absolute Gasteiger partial charge is 0.463 e. The van der Waals surface area contributed by atoms with Crippen molar-refractivity contribution in [3.05, 3.63) is 109 Å². The third-order valence-electron chi connectivity index (χ3n) is 4.97. The zero-order chi connectivity index (χ0) is 21.8. The van der Waals surface area contributed by atoms with Gasteiger partial charge in [0.2, 0.25) is 0 Å². The first-order valence-electron chi connectivity index (χ1n) is 10.1. The highest BCUT2D eigenvalue weighted by Crippen LogP contribution is 2.30. The van der Waals surface area contributed by atoms with Gasteiger partial charge in [0.25, 0.3) is 5.56 Å². The van der Waals surface area contributed by atoms with Gasteiger partial charge in [0.15, 0.2) is 4.80 Å². The maximum atomic E-state index is 13.3. The smallest absolute Gasteiger partial charge is 0.338 e. The monoisotopic (exact) mass is 430 g/mol. The molecule has 2 aromatic carbocycles. The van der Waals surface area contributed by atoms with E-state index in [4.69, 9.17) is 4.74 Å². The summed E-state index contributed by atoms with van der Waals surface area (Å²) in [6, 6.07) is 18.8. The van der Waals surface area contributed by atoms with Crippen LogP contribution < -0.4 is 14.9 Å². The lowest BCUT2D eigenvalue weighted by molar-refractivity contribution is -0.139. The highest BCUT2D eigenvalue weighted by atomic mass is 32.1. The molecule has 6 heteroatoms. The van der Waals surface area contributed by atoms with E-state index in [0.717, 1.165) is 11.1 Å². The molecule has 0 N–H and O–H groups in total. The fourth-order valence-electron chi connectivity index (χ4n) is 3.57. The van der Waals surface area contributed by atoms with E-state index in [0.29, 0.717) is 20.6 Å². The maximum Gasteiger partial charge on any atom is 0.338 e. The highest BCUT2D eigenvalue weighted by Gasteiger charge is 2.33. The molecule has 0 unspecified atom stereocenters. The molecule has 4 rings (SSSR count). The molecule has 5 nitrogen and oxygen atoms in total. The first kappa shape index (κ1) is 20.8. The van der Waals surface area contributed by atoms with Gasteiger partial charge in [-0.05, 0) is 31.1 Å². The Hall–Kier alpha value is -3.51. The van der Waals surface area contributed by atoms with E-state index in [9.17, 15) is 9.59 Å². The van der Waals surface area contributed by atoms with E-state index in [1.54, 1.807) is 24.5 Å². The molecule has 0 fully saturated rings. The van der Waals surface area contributed by atoms with Gasteiger partial charge in [-0.15, -0.1) is 0 Å². The number of carbonyl (C=O) groups excluding carboxylic acids is 1. The average molecular weight is 431 g/mol. The topological polar surface area (TPSA) is 60.7 Å². The van der Waals surface area contributed by atoms with Crippen molar-refractivity contribution < 1.29 is 9.53 Å². The van der Waals surface area contributed by atoms with Crippen LogP contribution in [-0.2, 0) is 9.53 Å². The number of carbonyl (C=O) groups is 1. The second-order valence-corrected chi connectivity index (χ2v) is 8.01. The first-order valence-corrected chi connectivity index (χ1v) is 10.9. The summed E-state index contributed by atoms with van der Waals surface area (Å²) in [5.74, 6) is -0.448. The molecule has 156 valence electrons. The second kappa shape index (κ2) is 9.10. The lowest BCUT2D eigenvalue weighted by Gasteiger charge is -2.24. The van der Waals surface area contributed by atoms with E-state index >= 15 is 0 Å². The van der Waals surface area contributed by atoms with Crippen LogP contribution in [0, 0.1) is 0 Å². The minimum Gasteiger partial charge on any atom is -0.463 e. The normalized spacial score (nSPS) is 16.3. The van der Waals surface area contributed by atoms with E-state index < -0.39 is 12.0 Å². The second-order valence-electron chi connectivity index (χ2n) is 7.01. The van der Waals surface area contributed by atoms with Crippen molar-refractivity contribution in [3.8, 4) is 0 Å². The van der Waals surface area contributed by atoms with Gasteiger partial charge in [-0.3, -0.25) is 9.36 Å².